The standard InChI is InChI=1S/2C7H6O5.Co/c2*8-4-1-3(7(11)12)2-5(9)6(4)10;/h2*1-2,8-10H,(H,11,12);. The van der Waals surface area contributed by atoms with Crippen LogP contribution in [0.4, 0.5) is 0 Å². The van der Waals surface area contributed by atoms with Gasteiger partial charge in [0.2, 0.25) is 0 Å². The predicted molar refractivity (Wildman–Crippen MR) is 76.8 cm³/mol. The van der Waals surface area contributed by atoms with Crippen molar-refractivity contribution in [2.75, 3.05) is 0 Å². The topological polar surface area (TPSA) is 196 Å². The number of benzene rings is 2. The Kier molecular flexibility index (Phi) is 7.39. The number of hydrogen-bond acceptors (Lipinski definition) is 8. The van der Waals surface area contributed by atoms with Crippen molar-refractivity contribution in [1.29, 1.82) is 0 Å². The van der Waals surface area contributed by atoms with E-state index in [4.69, 9.17) is 40.9 Å². The van der Waals surface area contributed by atoms with Gasteiger partial charge in [-0.05, 0) is 24.3 Å². The third kappa shape index (κ3) is 5.37. The molecule has 8 N–H and O–H groups in total. The van der Waals surface area contributed by atoms with Crippen LogP contribution in [0.5, 0.6) is 34.5 Å². The third-order valence-electron chi connectivity index (χ3n) is 2.63. The Balaban J connectivity index is 0.000000443. The Morgan fingerprint density at radius 3 is 0.920 bits per heavy atom. The first-order chi connectivity index (χ1) is 11.0. The molecule has 0 aromatic heterocycles. The smallest absolute Gasteiger partial charge is 0.335 e. The van der Waals surface area contributed by atoms with Crippen LogP contribution in [0.1, 0.15) is 20.7 Å². The van der Waals surface area contributed by atoms with Crippen LogP contribution in [0.2, 0.25) is 0 Å². The zero-order valence-corrected chi connectivity index (χ0v) is 13.1. The average molecular weight is 399 g/mol. The van der Waals surface area contributed by atoms with Crippen molar-refractivity contribution < 1.29 is 67.2 Å². The molecular weight excluding hydrogens is 387 g/mol. The molecule has 1 radical (unpaired) electrons. The summed E-state index contributed by atoms with van der Waals surface area (Å²) < 4.78 is 0. The summed E-state index contributed by atoms with van der Waals surface area (Å²) in [6, 6.07) is 3.38. The van der Waals surface area contributed by atoms with E-state index in [9.17, 15) is 9.59 Å². The molecule has 10 nitrogen and oxygen atoms in total. The molecule has 11 heteroatoms. The molecule has 0 aliphatic carbocycles. The molecule has 25 heavy (non-hydrogen) atoms. The molecule has 137 valence electrons. The van der Waals surface area contributed by atoms with Crippen molar-refractivity contribution in [2.45, 2.75) is 0 Å². The van der Waals surface area contributed by atoms with E-state index in [1.807, 2.05) is 0 Å². The Morgan fingerprint density at radius 1 is 0.560 bits per heavy atom. The van der Waals surface area contributed by atoms with Gasteiger partial charge in [0, 0.05) is 16.8 Å². The fraction of sp³-hybridized carbons (Fsp3) is 0. The van der Waals surface area contributed by atoms with E-state index < -0.39 is 46.4 Å². The van der Waals surface area contributed by atoms with Crippen LogP contribution < -0.4 is 0 Å². The molecule has 0 bridgehead atoms. The van der Waals surface area contributed by atoms with Gasteiger partial charge >= 0.3 is 11.9 Å². The van der Waals surface area contributed by atoms with Crippen molar-refractivity contribution in [2.24, 2.45) is 0 Å². The van der Waals surface area contributed by atoms with Gasteiger partial charge in [-0.3, -0.25) is 0 Å². The molecule has 2 aromatic rings. The molecule has 0 spiro atoms. The fourth-order valence-electron chi connectivity index (χ4n) is 1.46. The van der Waals surface area contributed by atoms with Gasteiger partial charge in [0.1, 0.15) is 0 Å². The maximum absolute atomic E-state index is 10.3. The molecule has 2 rings (SSSR count). The van der Waals surface area contributed by atoms with Gasteiger partial charge in [0.25, 0.3) is 0 Å². The number of rotatable bonds is 2. The summed E-state index contributed by atoms with van der Waals surface area (Å²) in [5.74, 6) is -6.67. The van der Waals surface area contributed by atoms with Crippen molar-refractivity contribution in [3.05, 3.63) is 35.4 Å². The number of phenolic OH excluding ortho intramolecular Hbond substituents is 6. The molecule has 0 unspecified atom stereocenters. The van der Waals surface area contributed by atoms with Crippen LogP contribution >= 0.6 is 0 Å². The summed E-state index contributed by atoms with van der Waals surface area (Å²) in [6.07, 6.45) is 0. The minimum Gasteiger partial charge on any atom is -0.504 e. The van der Waals surface area contributed by atoms with Crippen LogP contribution in [0.15, 0.2) is 24.3 Å². The van der Waals surface area contributed by atoms with E-state index in [1.54, 1.807) is 0 Å². The van der Waals surface area contributed by atoms with Crippen LogP contribution in [-0.2, 0) is 16.8 Å². The van der Waals surface area contributed by atoms with Crippen molar-refractivity contribution >= 4 is 11.9 Å². The molecule has 0 saturated heterocycles. The maximum Gasteiger partial charge on any atom is 0.335 e. The van der Waals surface area contributed by atoms with Gasteiger partial charge in [-0.25, -0.2) is 9.59 Å². The fourth-order valence-corrected chi connectivity index (χ4v) is 1.46. The second-order valence-corrected chi connectivity index (χ2v) is 4.34. The van der Waals surface area contributed by atoms with Gasteiger partial charge in [-0.2, -0.15) is 0 Å². The van der Waals surface area contributed by atoms with Crippen molar-refractivity contribution in [3.8, 4) is 34.5 Å². The monoisotopic (exact) mass is 399 g/mol. The maximum atomic E-state index is 10.3. The Bertz CT molecular complexity index is 689. The minimum atomic E-state index is -1.29. The van der Waals surface area contributed by atoms with Gasteiger partial charge in [0.15, 0.2) is 34.5 Å². The minimum absolute atomic E-state index is 0. The molecule has 0 atom stereocenters. The first-order valence-electron chi connectivity index (χ1n) is 6.01. The molecule has 0 fully saturated rings. The summed E-state index contributed by atoms with van der Waals surface area (Å²) in [6.45, 7) is 0. The quantitative estimate of drug-likeness (QED) is 0.337. The van der Waals surface area contributed by atoms with Gasteiger partial charge in [-0.1, -0.05) is 0 Å². The average Bonchev–Trinajstić information content (AvgIpc) is 2.49. The number of carboxylic acids is 2. The second kappa shape index (κ2) is 8.51. The van der Waals surface area contributed by atoms with E-state index in [1.165, 1.54) is 0 Å². The third-order valence-corrected chi connectivity index (χ3v) is 2.63. The summed E-state index contributed by atoms with van der Waals surface area (Å²) in [5.41, 5.74) is -0.578. The van der Waals surface area contributed by atoms with Crippen molar-refractivity contribution in [3.63, 3.8) is 0 Å². The first-order valence-corrected chi connectivity index (χ1v) is 6.01. The van der Waals surface area contributed by atoms with Crippen LogP contribution in [0, 0.1) is 0 Å². The first kappa shape index (κ1) is 21.7. The Labute approximate surface area is 149 Å². The molecule has 2 aromatic carbocycles. The van der Waals surface area contributed by atoms with Gasteiger partial charge in [-0.15, -0.1) is 0 Å². The van der Waals surface area contributed by atoms with Gasteiger partial charge < -0.3 is 40.9 Å². The number of carbonyl (C=O) groups is 2. The largest absolute Gasteiger partial charge is 0.504 e. The summed E-state index contributed by atoms with van der Waals surface area (Å²) >= 11 is 0. The molecule has 0 saturated carbocycles. The predicted octanol–water partition coefficient (Wildman–Crippen LogP) is 1.00. The normalized spacial score (nSPS) is 9.28. The van der Waals surface area contributed by atoms with Crippen LogP contribution in [-0.4, -0.2) is 52.8 Å². The van der Waals surface area contributed by atoms with E-state index in [0.717, 1.165) is 24.3 Å². The van der Waals surface area contributed by atoms with Crippen LogP contribution in [0.3, 0.4) is 0 Å². The molecule has 0 amide bonds. The molecule has 0 heterocycles. The number of phenols is 6. The Morgan fingerprint density at radius 2 is 0.760 bits per heavy atom. The number of hydrogen-bond donors (Lipinski definition) is 8. The number of carboxylic acid groups (broad SMARTS) is 2. The van der Waals surface area contributed by atoms with E-state index in [0.29, 0.717) is 0 Å². The second-order valence-electron chi connectivity index (χ2n) is 4.34. The SMILES string of the molecule is O=C(O)c1cc(O)c(O)c(O)c1.O=C(O)c1cc(O)c(O)c(O)c1.[Co]. The van der Waals surface area contributed by atoms with Crippen molar-refractivity contribution in [1.82, 2.24) is 0 Å². The molecular formula is C14H12CoO10. The zero-order chi connectivity index (χ0) is 18.6. The van der Waals surface area contributed by atoms with E-state index in [2.05, 4.69) is 0 Å². The molecule has 0 aliphatic rings. The van der Waals surface area contributed by atoms with E-state index in [-0.39, 0.29) is 27.9 Å². The summed E-state index contributed by atoms with van der Waals surface area (Å²) in [7, 11) is 0. The zero-order valence-electron chi connectivity index (χ0n) is 12.0. The number of aromatic carboxylic acids is 2. The number of aromatic hydroxyl groups is 6. The summed E-state index contributed by atoms with van der Waals surface area (Å²) in [4.78, 5) is 20.6. The summed E-state index contributed by atoms with van der Waals surface area (Å²) in [5, 5.41) is 69.9. The molecule has 0 aliphatic heterocycles. The van der Waals surface area contributed by atoms with E-state index >= 15 is 0 Å². The Hall–Kier alpha value is -3.31. The van der Waals surface area contributed by atoms with Gasteiger partial charge in [0.05, 0.1) is 11.1 Å². The van der Waals surface area contributed by atoms with Crippen LogP contribution in [0.25, 0.3) is 0 Å².